The van der Waals surface area contributed by atoms with Gasteiger partial charge >= 0.3 is 0 Å². The molecule has 0 aromatic heterocycles. The van der Waals surface area contributed by atoms with Crippen molar-refractivity contribution in [1.29, 1.82) is 0 Å². The van der Waals surface area contributed by atoms with Crippen molar-refractivity contribution in [2.75, 3.05) is 5.33 Å². The van der Waals surface area contributed by atoms with Crippen LogP contribution in [0.15, 0.2) is 0 Å². The van der Waals surface area contributed by atoms with Gasteiger partial charge in [-0.05, 0) is 39.5 Å². The number of ether oxygens (including phenoxy) is 1. The summed E-state index contributed by atoms with van der Waals surface area (Å²) in [6.07, 6.45) is 3.08. The maximum Gasteiger partial charge on any atom is 0.0618 e. The van der Waals surface area contributed by atoms with Crippen LogP contribution >= 0.6 is 15.9 Å². The molecule has 1 aliphatic carbocycles. The van der Waals surface area contributed by atoms with Crippen LogP contribution in [0, 0.1) is 5.92 Å². The van der Waals surface area contributed by atoms with Crippen LogP contribution in [0.1, 0.15) is 33.6 Å². The molecule has 0 unspecified atom stereocenters. The quantitative estimate of drug-likeness (QED) is 0.651. The second-order valence-electron chi connectivity index (χ2n) is 4.26. The van der Waals surface area contributed by atoms with E-state index in [1.54, 1.807) is 0 Å². The minimum atomic E-state index is 0.0332. The van der Waals surface area contributed by atoms with Gasteiger partial charge in [-0.3, -0.25) is 0 Å². The summed E-state index contributed by atoms with van der Waals surface area (Å²) in [5.41, 5.74) is 0.0332. The smallest absolute Gasteiger partial charge is 0.0618 e. The first-order valence-corrected chi connectivity index (χ1v) is 5.39. The molecule has 0 aliphatic heterocycles. The van der Waals surface area contributed by atoms with E-state index < -0.39 is 0 Å². The fourth-order valence-corrected chi connectivity index (χ4v) is 2.06. The molecule has 1 fully saturated rings. The normalized spacial score (nSPS) is 31.6. The Hall–Kier alpha value is 0.440. The molecule has 2 atom stereocenters. The van der Waals surface area contributed by atoms with Crippen LogP contribution in [-0.2, 0) is 4.74 Å². The molecule has 1 rings (SSSR count). The van der Waals surface area contributed by atoms with E-state index in [9.17, 15) is 0 Å². The van der Waals surface area contributed by atoms with Crippen LogP contribution < -0.4 is 0 Å². The van der Waals surface area contributed by atoms with E-state index in [0.29, 0.717) is 6.10 Å². The van der Waals surface area contributed by atoms with Crippen molar-refractivity contribution < 1.29 is 4.74 Å². The molecule has 0 heterocycles. The van der Waals surface area contributed by atoms with Crippen LogP contribution in [0.5, 0.6) is 0 Å². The molecule has 0 spiro atoms. The number of hydrogen-bond donors (Lipinski definition) is 0. The second kappa shape index (κ2) is 3.44. The second-order valence-corrected chi connectivity index (χ2v) is 4.91. The summed E-state index contributed by atoms with van der Waals surface area (Å²) in [7, 11) is 0. The van der Waals surface area contributed by atoms with E-state index in [4.69, 9.17) is 4.74 Å². The van der Waals surface area contributed by atoms with E-state index >= 15 is 0 Å². The number of halogens is 1. The molecule has 0 aromatic carbocycles. The Labute approximate surface area is 77.6 Å². The summed E-state index contributed by atoms with van der Waals surface area (Å²) >= 11 is 3.49. The summed E-state index contributed by atoms with van der Waals surface area (Å²) < 4.78 is 5.85. The standard InChI is InChI=1S/C9H17BrO/c1-9(2,3)11-8-5-4-7(8)6-10/h7-8H,4-6H2,1-3H3/t7-,8-/m0/s1. The number of hydrogen-bond acceptors (Lipinski definition) is 1. The van der Waals surface area contributed by atoms with Crippen molar-refractivity contribution in [3.8, 4) is 0 Å². The fourth-order valence-electron chi connectivity index (χ4n) is 1.32. The lowest BCUT2D eigenvalue weighted by atomic mass is 9.83. The predicted octanol–water partition coefficient (Wildman–Crippen LogP) is 2.98. The first kappa shape index (κ1) is 9.53. The van der Waals surface area contributed by atoms with Gasteiger partial charge < -0.3 is 4.74 Å². The van der Waals surface area contributed by atoms with Gasteiger partial charge in [-0.1, -0.05) is 15.9 Å². The van der Waals surface area contributed by atoms with Gasteiger partial charge in [0.1, 0.15) is 0 Å². The number of alkyl halides is 1. The summed E-state index contributed by atoms with van der Waals surface area (Å²) in [6, 6.07) is 0. The van der Waals surface area contributed by atoms with E-state index in [0.717, 1.165) is 11.2 Å². The predicted molar refractivity (Wildman–Crippen MR) is 51.1 cm³/mol. The third-order valence-corrected chi connectivity index (χ3v) is 2.88. The van der Waals surface area contributed by atoms with Crippen molar-refractivity contribution in [3.05, 3.63) is 0 Å². The summed E-state index contributed by atoms with van der Waals surface area (Å²) in [6.45, 7) is 6.36. The van der Waals surface area contributed by atoms with Gasteiger partial charge in [0.25, 0.3) is 0 Å². The van der Waals surface area contributed by atoms with Crippen LogP contribution in [0.3, 0.4) is 0 Å². The third kappa shape index (κ3) is 2.75. The van der Waals surface area contributed by atoms with Gasteiger partial charge in [-0.15, -0.1) is 0 Å². The monoisotopic (exact) mass is 220 g/mol. The van der Waals surface area contributed by atoms with Gasteiger partial charge in [-0.25, -0.2) is 0 Å². The molecular weight excluding hydrogens is 204 g/mol. The molecule has 66 valence electrons. The summed E-state index contributed by atoms with van der Waals surface area (Å²) in [5, 5.41) is 1.09. The summed E-state index contributed by atoms with van der Waals surface area (Å²) in [4.78, 5) is 0. The van der Waals surface area contributed by atoms with Gasteiger partial charge in [0, 0.05) is 5.33 Å². The molecule has 0 amide bonds. The first-order valence-electron chi connectivity index (χ1n) is 4.27. The SMILES string of the molecule is CC(C)(C)O[C@H]1CC[C@H]1CBr. The molecule has 0 aromatic rings. The first-order chi connectivity index (χ1) is 5.03. The molecule has 1 nitrogen and oxygen atoms in total. The molecular formula is C9H17BrO. The Morgan fingerprint density at radius 1 is 1.36 bits per heavy atom. The van der Waals surface area contributed by atoms with Crippen LogP contribution in [0.25, 0.3) is 0 Å². The zero-order chi connectivity index (χ0) is 8.48. The zero-order valence-electron chi connectivity index (χ0n) is 7.56. The van der Waals surface area contributed by atoms with Crippen LogP contribution in [-0.4, -0.2) is 17.0 Å². The Bertz CT molecular complexity index is 126. The highest BCUT2D eigenvalue weighted by molar-refractivity contribution is 9.09. The molecule has 1 saturated carbocycles. The van der Waals surface area contributed by atoms with Crippen molar-refractivity contribution >= 4 is 15.9 Å². The lowest BCUT2D eigenvalue weighted by Gasteiger charge is -2.39. The van der Waals surface area contributed by atoms with Crippen molar-refractivity contribution in [2.24, 2.45) is 5.92 Å². The minimum absolute atomic E-state index is 0.0332. The lowest BCUT2D eigenvalue weighted by molar-refractivity contribution is -0.118. The van der Waals surface area contributed by atoms with Crippen molar-refractivity contribution in [3.63, 3.8) is 0 Å². The highest BCUT2D eigenvalue weighted by Gasteiger charge is 2.33. The van der Waals surface area contributed by atoms with Gasteiger partial charge in [0.2, 0.25) is 0 Å². The minimum Gasteiger partial charge on any atom is -0.372 e. The van der Waals surface area contributed by atoms with E-state index in [1.807, 2.05) is 0 Å². The Morgan fingerprint density at radius 2 is 2.00 bits per heavy atom. The highest BCUT2D eigenvalue weighted by Crippen LogP contribution is 2.34. The molecule has 0 radical (unpaired) electrons. The zero-order valence-corrected chi connectivity index (χ0v) is 9.15. The largest absolute Gasteiger partial charge is 0.372 e. The van der Waals surface area contributed by atoms with Crippen LogP contribution in [0.2, 0.25) is 0 Å². The maximum atomic E-state index is 5.85. The molecule has 0 N–H and O–H groups in total. The molecule has 1 aliphatic rings. The van der Waals surface area contributed by atoms with Gasteiger partial charge in [0.15, 0.2) is 0 Å². The Balaban J connectivity index is 2.27. The summed E-state index contributed by atoms with van der Waals surface area (Å²) in [5.74, 6) is 0.759. The molecule has 2 heteroatoms. The Kier molecular flexibility index (Phi) is 2.98. The molecule has 0 bridgehead atoms. The fraction of sp³-hybridized carbons (Fsp3) is 1.00. The van der Waals surface area contributed by atoms with E-state index in [2.05, 4.69) is 36.7 Å². The molecule has 11 heavy (non-hydrogen) atoms. The van der Waals surface area contributed by atoms with Crippen molar-refractivity contribution in [2.45, 2.75) is 45.3 Å². The topological polar surface area (TPSA) is 9.23 Å². The van der Waals surface area contributed by atoms with Gasteiger partial charge in [0.05, 0.1) is 11.7 Å². The van der Waals surface area contributed by atoms with Gasteiger partial charge in [-0.2, -0.15) is 0 Å². The highest BCUT2D eigenvalue weighted by atomic mass is 79.9. The number of rotatable bonds is 2. The average Bonchev–Trinajstić information content (AvgIpc) is 1.80. The van der Waals surface area contributed by atoms with E-state index in [-0.39, 0.29) is 5.60 Å². The average molecular weight is 221 g/mol. The molecule has 0 saturated heterocycles. The Morgan fingerprint density at radius 3 is 2.27 bits per heavy atom. The van der Waals surface area contributed by atoms with E-state index in [1.165, 1.54) is 12.8 Å². The maximum absolute atomic E-state index is 5.85. The van der Waals surface area contributed by atoms with Crippen molar-refractivity contribution in [1.82, 2.24) is 0 Å². The third-order valence-electron chi connectivity index (χ3n) is 2.05. The lowest BCUT2D eigenvalue weighted by Crippen LogP contribution is -2.40. The van der Waals surface area contributed by atoms with Crippen LogP contribution in [0.4, 0.5) is 0 Å².